The van der Waals surface area contributed by atoms with Crippen molar-refractivity contribution in [3.05, 3.63) is 0 Å². The van der Waals surface area contributed by atoms with Crippen LogP contribution in [-0.2, 0) is 24.3 Å². The van der Waals surface area contributed by atoms with Gasteiger partial charge >= 0.3 is 11.9 Å². The fourth-order valence-electron chi connectivity index (χ4n) is 4.32. The van der Waals surface area contributed by atoms with Crippen LogP contribution in [0.25, 0.3) is 0 Å². The van der Waals surface area contributed by atoms with Crippen LogP contribution in [0, 0.1) is 0 Å². The summed E-state index contributed by atoms with van der Waals surface area (Å²) in [5.41, 5.74) is 0. The fourth-order valence-corrected chi connectivity index (χ4v) is 4.78. The summed E-state index contributed by atoms with van der Waals surface area (Å²) >= 11 is 0. The number of hydrogen-bond acceptors (Lipinski definition) is 6. The molecule has 0 saturated carbocycles. The van der Waals surface area contributed by atoms with Crippen LogP contribution in [0.1, 0.15) is 129 Å². The van der Waals surface area contributed by atoms with Crippen molar-refractivity contribution in [3.8, 4) is 0 Å². The molecule has 8 nitrogen and oxygen atoms in total. The van der Waals surface area contributed by atoms with Gasteiger partial charge in [0.2, 0.25) is 10.0 Å². The van der Waals surface area contributed by atoms with Crippen molar-refractivity contribution in [2.75, 3.05) is 39.0 Å². The van der Waals surface area contributed by atoms with Crippen LogP contribution in [0.3, 0.4) is 0 Å². The maximum Gasteiger partial charge on any atom is 0.305 e. The summed E-state index contributed by atoms with van der Waals surface area (Å²) in [4.78, 5) is 24.8. The van der Waals surface area contributed by atoms with Crippen molar-refractivity contribution in [2.45, 2.75) is 129 Å². The molecule has 0 spiro atoms. The number of sulfonamides is 1. The molecule has 220 valence electrons. The lowest BCUT2D eigenvalue weighted by Crippen LogP contribution is -2.35. The standard InChI is InChI=1S/C28H56N2O6S/c1-3-4-5-6-7-14-19-26-36-28(33)21-16-11-9-13-18-24-30(25-22-29-37(2,34)35)23-17-12-8-10-15-20-27(31)32/h29H,3-26H2,1-2H3,(H,31,32). The van der Waals surface area contributed by atoms with Gasteiger partial charge in [-0.1, -0.05) is 84.0 Å². The minimum Gasteiger partial charge on any atom is -0.481 e. The summed E-state index contributed by atoms with van der Waals surface area (Å²) in [7, 11) is -3.18. The second-order valence-corrected chi connectivity index (χ2v) is 12.1. The molecular weight excluding hydrogens is 492 g/mol. The summed E-state index contributed by atoms with van der Waals surface area (Å²) < 4.78 is 30.6. The number of carbonyl (C=O) groups is 2. The lowest BCUT2D eigenvalue weighted by molar-refractivity contribution is -0.144. The highest BCUT2D eigenvalue weighted by Gasteiger charge is 2.08. The van der Waals surface area contributed by atoms with Crippen molar-refractivity contribution >= 4 is 22.0 Å². The van der Waals surface area contributed by atoms with E-state index < -0.39 is 16.0 Å². The molecule has 0 amide bonds. The number of hydrogen-bond donors (Lipinski definition) is 2. The molecule has 0 saturated heterocycles. The first-order valence-electron chi connectivity index (χ1n) is 14.8. The average Bonchev–Trinajstić information content (AvgIpc) is 2.83. The largest absolute Gasteiger partial charge is 0.481 e. The normalized spacial score (nSPS) is 11.8. The Balaban J connectivity index is 3.85. The summed E-state index contributed by atoms with van der Waals surface area (Å²) in [5.74, 6) is -0.804. The Hall–Kier alpha value is -1.19. The third kappa shape index (κ3) is 29.2. The van der Waals surface area contributed by atoms with Gasteiger partial charge in [-0.3, -0.25) is 9.59 Å². The third-order valence-electron chi connectivity index (χ3n) is 6.52. The zero-order valence-corrected chi connectivity index (χ0v) is 24.6. The van der Waals surface area contributed by atoms with Crippen LogP contribution in [0.4, 0.5) is 0 Å². The molecule has 0 radical (unpaired) electrons. The van der Waals surface area contributed by atoms with Gasteiger partial charge in [-0.25, -0.2) is 13.1 Å². The quantitative estimate of drug-likeness (QED) is 0.0925. The molecule has 0 rings (SSSR count). The molecular formula is C28H56N2O6S. The van der Waals surface area contributed by atoms with E-state index in [1.807, 2.05) is 0 Å². The number of rotatable bonds is 28. The van der Waals surface area contributed by atoms with E-state index in [1.54, 1.807) is 0 Å². The molecule has 0 aromatic rings. The van der Waals surface area contributed by atoms with Gasteiger partial charge < -0.3 is 14.7 Å². The molecule has 0 aliphatic heterocycles. The minimum absolute atomic E-state index is 0.0708. The Morgan fingerprint density at radius 3 is 1.73 bits per heavy atom. The lowest BCUT2D eigenvalue weighted by atomic mass is 10.1. The summed E-state index contributed by atoms with van der Waals surface area (Å²) in [5, 5.41) is 8.70. The van der Waals surface area contributed by atoms with E-state index >= 15 is 0 Å². The van der Waals surface area contributed by atoms with E-state index in [0.29, 0.717) is 26.1 Å². The van der Waals surface area contributed by atoms with Crippen LogP contribution in [0.5, 0.6) is 0 Å². The van der Waals surface area contributed by atoms with Gasteiger partial charge in [0, 0.05) is 25.9 Å². The molecule has 0 aromatic carbocycles. The van der Waals surface area contributed by atoms with E-state index in [9.17, 15) is 18.0 Å². The number of aliphatic carboxylic acids is 1. The van der Waals surface area contributed by atoms with Crippen molar-refractivity contribution in [1.29, 1.82) is 0 Å². The maximum atomic E-state index is 11.9. The summed E-state index contributed by atoms with van der Waals surface area (Å²) in [6, 6.07) is 0. The van der Waals surface area contributed by atoms with Gasteiger partial charge in [-0.05, 0) is 45.2 Å². The molecule has 0 heterocycles. The number of nitrogens with zero attached hydrogens (tertiary/aromatic N) is 1. The number of carboxylic acid groups (broad SMARTS) is 1. The van der Waals surface area contributed by atoms with Gasteiger partial charge in [-0.15, -0.1) is 0 Å². The highest BCUT2D eigenvalue weighted by atomic mass is 32.2. The Morgan fingerprint density at radius 2 is 1.19 bits per heavy atom. The average molecular weight is 549 g/mol. The molecule has 37 heavy (non-hydrogen) atoms. The molecule has 0 aliphatic carbocycles. The Kier molecular flexibility index (Phi) is 24.3. The Labute approximate surface area is 227 Å². The second-order valence-electron chi connectivity index (χ2n) is 10.3. The summed E-state index contributed by atoms with van der Waals surface area (Å²) in [6.45, 7) is 5.74. The highest BCUT2D eigenvalue weighted by molar-refractivity contribution is 7.88. The van der Waals surface area contributed by atoms with E-state index in [2.05, 4.69) is 16.5 Å². The number of ether oxygens (including phenoxy) is 1. The summed E-state index contributed by atoms with van der Waals surface area (Å²) in [6.07, 6.45) is 20.4. The predicted molar refractivity (Wildman–Crippen MR) is 151 cm³/mol. The van der Waals surface area contributed by atoms with Crippen LogP contribution in [0.2, 0.25) is 0 Å². The highest BCUT2D eigenvalue weighted by Crippen LogP contribution is 2.10. The van der Waals surface area contributed by atoms with E-state index in [1.165, 1.54) is 38.4 Å². The zero-order valence-electron chi connectivity index (χ0n) is 23.8. The van der Waals surface area contributed by atoms with Gasteiger partial charge in [0.05, 0.1) is 12.9 Å². The molecule has 9 heteroatoms. The number of esters is 1. The van der Waals surface area contributed by atoms with Crippen molar-refractivity contribution in [2.24, 2.45) is 0 Å². The van der Waals surface area contributed by atoms with Gasteiger partial charge in [0.1, 0.15) is 0 Å². The SMILES string of the molecule is CCCCCCCCCOC(=O)CCCCCCCN(CCCCCCCC(=O)O)CCNS(C)(=O)=O. The molecule has 2 N–H and O–H groups in total. The first kappa shape index (κ1) is 35.8. The minimum atomic E-state index is -3.18. The molecule has 0 atom stereocenters. The van der Waals surface area contributed by atoms with Crippen LogP contribution in [0.15, 0.2) is 0 Å². The van der Waals surface area contributed by atoms with Crippen LogP contribution < -0.4 is 4.72 Å². The first-order valence-corrected chi connectivity index (χ1v) is 16.7. The topological polar surface area (TPSA) is 113 Å². The number of nitrogens with one attached hydrogen (secondary N) is 1. The van der Waals surface area contributed by atoms with Crippen molar-refractivity contribution in [1.82, 2.24) is 9.62 Å². The number of carbonyl (C=O) groups excluding carboxylic acids is 1. The first-order chi connectivity index (χ1) is 17.7. The van der Waals surface area contributed by atoms with Crippen LogP contribution >= 0.6 is 0 Å². The van der Waals surface area contributed by atoms with Gasteiger partial charge in [-0.2, -0.15) is 0 Å². The van der Waals surface area contributed by atoms with Crippen molar-refractivity contribution < 1.29 is 27.9 Å². The zero-order chi connectivity index (χ0) is 27.6. The molecule has 0 fully saturated rings. The molecule has 0 aromatic heterocycles. The van der Waals surface area contributed by atoms with E-state index in [4.69, 9.17) is 9.84 Å². The Morgan fingerprint density at radius 1 is 0.703 bits per heavy atom. The number of carboxylic acids is 1. The fraction of sp³-hybridized carbons (Fsp3) is 0.929. The second kappa shape index (κ2) is 25.1. The maximum absolute atomic E-state index is 11.9. The molecule has 0 aliphatic rings. The smallest absolute Gasteiger partial charge is 0.305 e. The third-order valence-corrected chi connectivity index (χ3v) is 7.25. The van der Waals surface area contributed by atoms with Crippen LogP contribution in [-0.4, -0.2) is 69.4 Å². The Bertz CT molecular complexity index is 657. The van der Waals surface area contributed by atoms with E-state index in [-0.39, 0.29) is 12.4 Å². The predicted octanol–water partition coefficient (Wildman–Crippen LogP) is 5.90. The van der Waals surface area contributed by atoms with Gasteiger partial charge in [0.15, 0.2) is 0 Å². The number of unbranched alkanes of at least 4 members (excludes halogenated alkanes) is 14. The monoisotopic (exact) mass is 548 g/mol. The van der Waals surface area contributed by atoms with Crippen molar-refractivity contribution in [3.63, 3.8) is 0 Å². The molecule has 0 bridgehead atoms. The van der Waals surface area contributed by atoms with E-state index in [0.717, 1.165) is 90.1 Å². The lowest BCUT2D eigenvalue weighted by Gasteiger charge is -2.22. The van der Waals surface area contributed by atoms with Gasteiger partial charge in [0.25, 0.3) is 0 Å². The molecule has 0 unspecified atom stereocenters.